The van der Waals surface area contributed by atoms with Gasteiger partial charge in [0.2, 0.25) is 5.91 Å². The minimum Gasteiger partial charge on any atom is -0.493 e. The molecule has 2 aromatic carbocycles. The van der Waals surface area contributed by atoms with Gasteiger partial charge >= 0.3 is 0 Å². The number of nitrogens with zero attached hydrogens (tertiary/aromatic N) is 2. The Kier molecular flexibility index (Phi) is 8.08. The number of carbonyl (C=O) groups is 2. The number of likely N-dealkylation sites (N-methyl/N-ethyl adjacent to an activating group) is 1. The molecule has 0 saturated heterocycles. The Morgan fingerprint density at radius 3 is 2.75 bits per heavy atom. The first-order chi connectivity index (χ1) is 15.5. The highest BCUT2D eigenvalue weighted by Crippen LogP contribution is 2.31. The van der Waals surface area contributed by atoms with Crippen LogP contribution in [0.3, 0.4) is 0 Å². The van der Waals surface area contributed by atoms with Crippen LogP contribution in [0.15, 0.2) is 53.5 Å². The monoisotopic (exact) mass is 437 g/mol. The van der Waals surface area contributed by atoms with Gasteiger partial charge in [-0.3, -0.25) is 9.59 Å². The average molecular weight is 438 g/mol. The highest BCUT2D eigenvalue weighted by molar-refractivity contribution is 5.94. The van der Waals surface area contributed by atoms with Crippen LogP contribution >= 0.6 is 0 Å². The van der Waals surface area contributed by atoms with Gasteiger partial charge in [0, 0.05) is 45.2 Å². The molecule has 0 aromatic heterocycles. The minimum atomic E-state index is -0.107. The largest absolute Gasteiger partial charge is 0.493 e. The van der Waals surface area contributed by atoms with Gasteiger partial charge in [-0.15, -0.1) is 0 Å². The number of guanidine groups is 1. The van der Waals surface area contributed by atoms with Crippen LogP contribution in [0.1, 0.15) is 33.9 Å². The van der Waals surface area contributed by atoms with E-state index in [0.29, 0.717) is 31.1 Å². The lowest BCUT2D eigenvalue weighted by molar-refractivity contribution is -0.127. The second kappa shape index (κ2) is 11.2. The summed E-state index contributed by atoms with van der Waals surface area (Å²) < 4.78 is 5.75. The van der Waals surface area contributed by atoms with E-state index in [9.17, 15) is 9.59 Å². The number of benzene rings is 2. The quantitative estimate of drug-likeness (QED) is 0.453. The Labute approximate surface area is 189 Å². The van der Waals surface area contributed by atoms with Gasteiger partial charge in [-0.2, -0.15) is 0 Å². The van der Waals surface area contributed by atoms with E-state index in [-0.39, 0.29) is 24.4 Å². The van der Waals surface area contributed by atoms with Crippen molar-refractivity contribution in [1.82, 2.24) is 20.9 Å². The van der Waals surface area contributed by atoms with Gasteiger partial charge in [0.15, 0.2) is 5.96 Å². The summed E-state index contributed by atoms with van der Waals surface area (Å²) in [5, 5.41) is 9.43. The number of ether oxygens (including phenoxy) is 1. The molecule has 170 valence electrons. The fourth-order valence-corrected chi connectivity index (χ4v) is 3.44. The Bertz CT molecular complexity index is 974. The van der Waals surface area contributed by atoms with Crippen LogP contribution in [-0.2, 0) is 11.2 Å². The molecule has 0 bridgehead atoms. The minimum absolute atomic E-state index is 0.0391. The van der Waals surface area contributed by atoms with Crippen molar-refractivity contribution in [3.05, 3.63) is 65.2 Å². The lowest BCUT2D eigenvalue weighted by atomic mass is 10.0. The molecule has 0 radical (unpaired) electrons. The molecule has 2 amide bonds. The number of aliphatic imine (C=N–C) groups is 1. The van der Waals surface area contributed by atoms with Crippen molar-refractivity contribution in [2.24, 2.45) is 4.99 Å². The number of para-hydroxylation sites is 1. The van der Waals surface area contributed by atoms with Crippen LogP contribution < -0.4 is 20.7 Å². The maximum Gasteiger partial charge on any atom is 0.251 e. The third-order valence-electron chi connectivity index (χ3n) is 5.26. The van der Waals surface area contributed by atoms with Gasteiger partial charge in [0.05, 0.1) is 12.6 Å². The van der Waals surface area contributed by atoms with Crippen LogP contribution in [0.5, 0.6) is 5.75 Å². The van der Waals surface area contributed by atoms with Crippen molar-refractivity contribution in [3.63, 3.8) is 0 Å². The molecule has 8 heteroatoms. The summed E-state index contributed by atoms with van der Waals surface area (Å²) >= 11 is 0. The molecule has 1 aliphatic heterocycles. The number of nitrogens with one attached hydrogen (secondary N) is 3. The second-order valence-corrected chi connectivity index (χ2v) is 7.78. The zero-order chi connectivity index (χ0) is 22.9. The fraction of sp³-hybridized carbons (Fsp3) is 0.375. The second-order valence-electron chi connectivity index (χ2n) is 7.78. The molecular weight excluding hydrogens is 406 g/mol. The predicted molar refractivity (Wildman–Crippen MR) is 125 cm³/mol. The molecule has 1 atom stereocenters. The third kappa shape index (κ3) is 6.23. The zero-order valence-electron chi connectivity index (χ0n) is 18.9. The van der Waals surface area contributed by atoms with Crippen molar-refractivity contribution in [3.8, 4) is 5.75 Å². The topological polar surface area (TPSA) is 95.1 Å². The van der Waals surface area contributed by atoms with Crippen LogP contribution in [-0.4, -0.2) is 63.5 Å². The molecule has 1 aliphatic rings. The maximum atomic E-state index is 12.1. The Hall–Kier alpha value is -3.55. The number of amides is 2. The molecule has 0 saturated carbocycles. The normalized spacial score (nSPS) is 15.2. The van der Waals surface area contributed by atoms with Gasteiger partial charge in [0.25, 0.3) is 5.91 Å². The smallest absolute Gasteiger partial charge is 0.251 e. The van der Waals surface area contributed by atoms with E-state index >= 15 is 0 Å². The zero-order valence-corrected chi connectivity index (χ0v) is 18.9. The van der Waals surface area contributed by atoms with Crippen molar-refractivity contribution in [2.45, 2.75) is 18.9 Å². The van der Waals surface area contributed by atoms with Crippen LogP contribution in [0, 0.1) is 0 Å². The summed E-state index contributed by atoms with van der Waals surface area (Å²) in [7, 11) is 5.05. The van der Waals surface area contributed by atoms with Crippen LogP contribution in [0.25, 0.3) is 0 Å². The molecule has 0 spiro atoms. The number of hydrogen-bond donors (Lipinski definition) is 3. The molecular formula is C24H31N5O3. The molecule has 32 heavy (non-hydrogen) atoms. The van der Waals surface area contributed by atoms with Crippen LogP contribution in [0.4, 0.5) is 0 Å². The number of rotatable bonds is 7. The van der Waals surface area contributed by atoms with Gasteiger partial charge in [-0.25, -0.2) is 4.99 Å². The molecule has 0 aliphatic carbocycles. The number of hydrogen-bond acceptors (Lipinski definition) is 4. The Morgan fingerprint density at radius 2 is 1.97 bits per heavy atom. The molecule has 3 N–H and O–H groups in total. The summed E-state index contributed by atoms with van der Waals surface area (Å²) in [4.78, 5) is 30.0. The first-order valence-electron chi connectivity index (χ1n) is 10.8. The lowest BCUT2D eigenvalue weighted by Gasteiger charge is -2.28. The van der Waals surface area contributed by atoms with Crippen molar-refractivity contribution in [2.75, 3.05) is 40.8 Å². The summed E-state index contributed by atoms with van der Waals surface area (Å²) in [6.07, 6.45) is 1.51. The van der Waals surface area contributed by atoms with E-state index in [1.165, 1.54) is 4.90 Å². The van der Waals surface area contributed by atoms with Gasteiger partial charge < -0.3 is 25.6 Å². The molecule has 1 heterocycles. The van der Waals surface area contributed by atoms with Crippen molar-refractivity contribution < 1.29 is 14.3 Å². The Balaban J connectivity index is 1.68. The summed E-state index contributed by atoms with van der Waals surface area (Å²) in [5.41, 5.74) is 2.75. The van der Waals surface area contributed by atoms with E-state index in [2.05, 4.69) is 20.9 Å². The van der Waals surface area contributed by atoms with Crippen LogP contribution in [0.2, 0.25) is 0 Å². The standard InChI is InChI=1S/C24H31N5O3/c1-25-23(31)18-8-6-7-17(15-18)11-13-26-24(27-16-22(30)29(2)3)28-20-12-14-32-21-10-5-4-9-19(20)21/h4-10,15,20H,11-14,16H2,1-3H3,(H,25,31)(H2,26,27,28). The van der Waals surface area contributed by atoms with E-state index in [1.54, 1.807) is 27.2 Å². The van der Waals surface area contributed by atoms with Crippen molar-refractivity contribution >= 4 is 17.8 Å². The van der Waals surface area contributed by atoms with E-state index in [0.717, 1.165) is 23.3 Å². The van der Waals surface area contributed by atoms with E-state index < -0.39 is 0 Å². The summed E-state index contributed by atoms with van der Waals surface area (Å²) in [6, 6.07) is 15.5. The molecule has 3 rings (SSSR count). The van der Waals surface area contributed by atoms with Crippen molar-refractivity contribution in [1.29, 1.82) is 0 Å². The predicted octanol–water partition coefficient (Wildman–Crippen LogP) is 1.74. The first-order valence-corrected chi connectivity index (χ1v) is 10.8. The molecule has 2 aromatic rings. The van der Waals surface area contributed by atoms with Gasteiger partial charge in [-0.1, -0.05) is 30.3 Å². The maximum absolute atomic E-state index is 12.1. The Morgan fingerprint density at radius 1 is 1.16 bits per heavy atom. The highest BCUT2D eigenvalue weighted by Gasteiger charge is 2.22. The SMILES string of the molecule is CNC(=O)c1cccc(CCNC(=NCC(=O)N(C)C)NC2CCOc3ccccc32)c1. The average Bonchev–Trinajstić information content (AvgIpc) is 2.82. The van der Waals surface area contributed by atoms with E-state index in [1.807, 2.05) is 42.5 Å². The summed E-state index contributed by atoms with van der Waals surface area (Å²) in [5.74, 6) is 1.26. The molecule has 8 nitrogen and oxygen atoms in total. The first kappa shape index (κ1) is 23.1. The fourth-order valence-electron chi connectivity index (χ4n) is 3.44. The summed E-state index contributed by atoms with van der Waals surface area (Å²) in [6.45, 7) is 1.27. The third-order valence-corrected chi connectivity index (χ3v) is 5.26. The van der Waals surface area contributed by atoms with Gasteiger partial charge in [0.1, 0.15) is 12.3 Å². The molecule has 1 unspecified atom stereocenters. The molecule has 0 fully saturated rings. The van der Waals surface area contributed by atoms with E-state index in [4.69, 9.17) is 4.74 Å². The number of carbonyl (C=O) groups excluding carboxylic acids is 2. The number of fused-ring (bicyclic) bond motifs is 1. The van der Waals surface area contributed by atoms with Gasteiger partial charge in [-0.05, 0) is 30.2 Å². The lowest BCUT2D eigenvalue weighted by Crippen LogP contribution is -2.42. The highest BCUT2D eigenvalue weighted by atomic mass is 16.5.